The molecular formula is C22H28N4O2. The van der Waals surface area contributed by atoms with Gasteiger partial charge in [-0.3, -0.25) is 19.6 Å². The third-order valence-corrected chi connectivity index (χ3v) is 5.26. The van der Waals surface area contributed by atoms with Gasteiger partial charge in [-0.25, -0.2) is 0 Å². The first-order chi connectivity index (χ1) is 13.6. The number of nitrogens with zero attached hydrogens (tertiary/aromatic N) is 3. The van der Waals surface area contributed by atoms with Crippen molar-refractivity contribution in [3.63, 3.8) is 0 Å². The number of carbonyl (C=O) groups excluding carboxylic acids is 2. The first kappa shape index (κ1) is 20.0. The summed E-state index contributed by atoms with van der Waals surface area (Å²) in [4.78, 5) is 35.1. The van der Waals surface area contributed by atoms with Gasteiger partial charge in [-0.1, -0.05) is 25.7 Å². The Balaban J connectivity index is 1.59. The average Bonchev–Trinajstić information content (AvgIpc) is 3.01. The number of rotatable bonds is 6. The molecular weight excluding hydrogens is 352 g/mol. The minimum atomic E-state index is -0.182. The second-order valence-corrected chi connectivity index (χ2v) is 7.42. The van der Waals surface area contributed by atoms with E-state index >= 15 is 0 Å². The summed E-state index contributed by atoms with van der Waals surface area (Å²) in [7, 11) is 1.75. The van der Waals surface area contributed by atoms with Crippen molar-refractivity contribution in [3.8, 4) is 0 Å². The lowest BCUT2D eigenvalue weighted by Gasteiger charge is -2.18. The minimum Gasteiger partial charge on any atom is -0.349 e. The number of hydrogen-bond donors (Lipinski definition) is 1. The van der Waals surface area contributed by atoms with Crippen LogP contribution in [0.3, 0.4) is 0 Å². The van der Waals surface area contributed by atoms with Gasteiger partial charge in [-0.2, -0.15) is 0 Å². The number of nitrogens with one attached hydrogen (secondary N) is 1. The largest absolute Gasteiger partial charge is 0.349 e. The molecule has 1 fully saturated rings. The molecule has 28 heavy (non-hydrogen) atoms. The summed E-state index contributed by atoms with van der Waals surface area (Å²) in [5.41, 5.74) is 1.91. The third-order valence-electron chi connectivity index (χ3n) is 5.26. The molecule has 1 saturated carbocycles. The monoisotopic (exact) mass is 380 g/mol. The molecule has 6 heteroatoms. The fraction of sp³-hybridized carbons (Fsp3) is 0.455. The third kappa shape index (κ3) is 5.62. The fourth-order valence-electron chi connectivity index (χ4n) is 3.52. The van der Waals surface area contributed by atoms with E-state index in [9.17, 15) is 9.59 Å². The Morgan fingerprint density at radius 1 is 1.07 bits per heavy atom. The lowest BCUT2D eigenvalue weighted by molar-refractivity contribution is 0.0791. The van der Waals surface area contributed by atoms with Crippen LogP contribution in [0.5, 0.6) is 0 Å². The molecule has 148 valence electrons. The first-order valence-electron chi connectivity index (χ1n) is 10.0. The molecule has 1 N–H and O–H groups in total. The van der Waals surface area contributed by atoms with Gasteiger partial charge in [0.05, 0.1) is 0 Å². The molecule has 1 aliphatic carbocycles. The summed E-state index contributed by atoms with van der Waals surface area (Å²) in [6.07, 6.45) is 12.6. The van der Waals surface area contributed by atoms with Gasteiger partial charge in [0, 0.05) is 43.8 Å². The lowest BCUT2D eigenvalue weighted by Crippen LogP contribution is -2.35. The second-order valence-electron chi connectivity index (χ2n) is 7.42. The molecule has 0 radical (unpaired) electrons. The van der Waals surface area contributed by atoms with Gasteiger partial charge in [0.2, 0.25) is 0 Å². The van der Waals surface area contributed by atoms with Crippen molar-refractivity contribution in [3.05, 3.63) is 59.7 Å². The van der Waals surface area contributed by atoms with Crippen molar-refractivity contribution in [2.75, 3.05) is 13.6 Å². The Labute approximate surface area is 166 Å². The molecule has 2 heterocycles. The Kier molecular flexibility index (Phi) is 7.12. The van der Waals surface area contributed by atoms with Gasteiger partial charge < -0.3 is 10.2 Å². The zero-order valence-electron chi connectivity index (χ0n) is 16.4. The predicted molar refractivity (Wildman–Crippen MR) is 108 cm³/mol. The maximum absolute atomic E-state index is 12.7. The zero-order chi connectivity index (χ0) is 19.8. The highest BCUT2D eigenvalue weighted by Gasteiger charge is 2.18. The van der Waals surface area contributed by atoms with Gasteiger partial charge in [-0.05, 0) is 49.1 Å². The lowest BCUT2D eigenvalue weighted by atomic mass is 10.1. The highest BCUT2D eigenvalue weighted by Crippen LogP contribution is 2.17. The van der Waals surface area contributed by atoms with Crippen LogP contribution in [0.1, 0.15) is 64.9 Å². The summed E-state index contributed by atoms with van der Waals surface area (Å²) in [5.74, 6) is -0.305. The van der Waals surface area contributed by atoms with Crippen molar-refractivity contribution < 1.29 is 9.59 Å². The SMILES string of the molecule is CN(CCc1ccncc1)C(=O)c1cc(C(=O)NC2CCCCCC2)ccn1. The summed E-state index contributed by atoms with van der Waals surface area (Å²) in [6.45, 7) is 0.572. The van der Waals surface area contributed by atoms with E-state index in [-0.39, 0.29) is 17.9 Å². The molecule has 0 saturated heterocycles. The number of pyridine rings is 2. The molecule has 1 aliphatic rings. The standard InChI is InChI=1S/C22H28N4O2/c1-26(15-11-17-8-12-23-13-9-17)22(28)20-16-18(10-14-24-20)21(27)25-19-6-4-2-3-5-7-19/h8-10,12-14,16,19H,2-7,11,15H2,1H3,(H,25,27). The normalized spacial score (nSPS) is 14.9. The van der Waals surface area contributed by atoms with E-state index in [0.29, 0.717) is 17.8 Å². The molecule has 0 spiro atoms. The van der Waals surface area contributed by atoms with Gasteiger partial charge in [-0.15, -0.1) is 0 Å². The number of hydrogen-bond acceptors (Lipinski definition) is 4. The number of likely N-dealkylation sites (N-methyl/N-ethyl adjacent to an activating group) is 1. The van der Waals surface area contributed by atoms with Gasteiger partial charge in [0.25, 0.3) is 11.8 Å². The van der Waals surface area contributed by atoms with Crippen LogP contribution in [0.15, 0.2) is 42.9 Å². The Hall–Kier alpha value is -2.76. The van der Waals surface area contributed by atoms with Gasteiger partial charge in [0.15, 0.2) is 0 Å². The Morgan fingerprint density at radius 2 is 1.79 bits per heavy atom. The highest BCUT2D eigenvalue weighted by atomic mass is 16.2. The summed E-state index contributed by atoms with van der Waals surface area (Å²) in [6, 6.07) is 7.37. The van der Waals surface area contributed by atoms with E-state index in [1.807, 2.05) is 12.1 Å². The number of carbonyl (C=O) groups is 2. The maximum atomic E-state index is 12.7. The fourth-order valence-corrected chi connectivity index (χ4v) is 3.52. The predicted octanol–water partition coefficient (Wildman–Crippen LogP) is 3.24. The van der Waals surface area contributed by atoms with E-state index in [2.05, 4.69) is 15.3 Å². The van der Waals surface area contributed by atoms with Crippen LogP contribution in [0.25, 0.3) is 0 Å². The molecule has 0 atom stereocenters. The minimum absolute atomic E-state index is 0.122. The zero-order valence-corrected chi connectivity index (χ0v) is 16.4. The van der Waals surface area contributed by atoms with Crippen molar-refractivity contribution >= 4 is 11.8 Å². The molecule has 6 nitrogen and oxygen atoms in total. The van der Waals surface area contributed by atoms with Crippen molar-refractivity contribution in [1.29, 1.82) is 0 Å². The van der Waals surface area contributed by atoms with Crippen LogP contribution in [0, 0.1) is 0 Å². The molecule has 2 aromatic rings. The maximum Gasteiger partial charge on any atom is 0.272 e. The Bertz CT molecular complexity index is 786. The summed E-state index contributed by atoms with van der Waals surface area (Å²) >= 11 is 0. The van der Waals surface area contributed by atoms with Crippen LogP contribution in [0.4, 0.5) is 0 Å². The van der Waals surface area contributed by atoms with E-state index in [0.717, 1.165) is 37.7 Å². The summed E-state index contributed by atoms with van der Waals surface area (Å²) in [5, 5.41) is 3.12. The van der Waals surface area contributed by atoms with Crippen molar-refractivity contribution in [2.45, 2.75) is 51.0 Å². The molecule has 2 amide bonds. The molecule has 0 bridgehead atoms. The van der Waals surface area contributed by atoms with Crippen LogP contribution in [-0.4, -0.2) is 46.3 Å². The van der Waals surface area contributed by atoms with Gasteiger partial charge >= 0.3 is 0 Å². The summed E-state index contributed by atoms with van der Waals surface area (Å²) < 4.78 is 0. The van der Waals surface area contributed by atoms with Crippen molar-refractivity contribution in [1.82, 2.24) is 20.2 Å². The topological polar surface area (TPSA) is 75.2 Å². The quantitative estimate of drug-likeness (QED) is 0.781. The van der Waals surface area contributed by atoms with Crippen LogP contribution >= 0.6 is 0 Å². The molecule has 2 aromatic heterocycles. The Morgan fingerprint density at radius 3 is 2.50 bits per heavy atom. The highest BCUT2D eigenvalue weighted by molar-refractivity contribution is 5.98. The van der Waals surface area contributed by atoms with Crippen molar-refractivity contribution in [2.24, 2.45) is 0 Å². The van der Waals surface area contributed by atoms with Crippen LogP contribution < -0.4 is 5.32 Å². The molecule has 0 aliphatic heterocycles. The first-order valence-corrected chi connectivity index (χ1v) is 10.0. The van der Waals surface area contributed by atoms with E-state index in [4.69, 9.17) is 0 Å². The van der Waals surface area contributed by atoms with Crippen LogP contribution in [-0.2, 0) is 6.42 Å². The van der Waals surface area contributed by atoms with E-state index in [1.165, 1.54) is 19.0 Å². The van der Waals surface area contributed by atoms with Gasteiger partial charge in [0.1, 0.15) is 5.69 Å². The average molecular weight is 380 g/mol. The molecule has 3 rings (SSSR count). The smallest absolute Gasteiger partial charge is 0.272 e. The van der Waals surface area contributed by atoms with E-state index < -0.39 is 0 Å². The number of aromatic nitrogens is 2. The van der Waals surface area contributed by atoms with E-state index in [1.54, 1.807) is 36.5 Å². The second kappa shape index (κ2) is 9.97. The van der Waals surface area contributed by atoms with Crippen LogP contribution in [0.2, 0.25) is 0 Å². The molecule has 0 unspecified atom stereocenters. The molecule has 0 aromatic carbocycles. The number of amides is 2.